The number of rotatable bonds is 6. The summed E-state index contributed by atoms with van der Waals surface area (Å²) in [6.07, 6.45) is 2.27. The summed E-state index contributed by atoms with van der Waals surface area (Å²) in [4.78, 5) is 3.90. The Kier molecular flexibility index (Phi) is 4.18. The van der Waals surface area contributed by atoms with Crippen LogP contribution in [0.3, 0.4) is 0 Å². The molecule has 9 heteroatoms. The summed E-state index contributed by atoms with van der Waals surface area (Å²) in [5, 5.41) is 10.1. The molecular formula is C11H15N5O3S. The Morgan fingerprint density at radius 2 is 2.15 bits per heavy atom. The lowest BCUT2D eigenvalue weighted by atomic mass is 10.4. The zero-order chi connectivity index (χ0) is 14.6. The van der Waals surface area contributed by atoms with Gasteiger partial charge >= 0.3 is 6.01 Å². The zero-order valence-electron chi connectivity index (χ0n) is 11.1. The van der Waals surface area contributed by atoms with Gasteiger partial charge in [-0.1, -0.05) is 12.0 Å². The van der Waals surface area contributed by atoms with Gasteiger partial charge in [-0.15, -0.1) is 5.10 Å². The van der Waals surface area contributed by atoms with E-state index < -0.39 is 10.0 Å². The summed E-state index contributed by atoms with van der Waals surface area (Å²) in [5.41, 5.74) is 0.429. The van der Waals surface area contributed by atoms with Gasteiger partial charge in [-0.05, 0) is 18.6 Å². The van der Waals surface area contributed by atoms with E-state index in [1.165, 1.54) is 6.20 Å². The number of hydrogen-bond acceptors (Lipinski definition) is 7. The van der Waals surface area contributed by atoms with Gasteiger partial charge in [0.05, 0.1) is 5.69 Å². The molecule has 0 spiro atoms. The summed E-state index contributed by atoms with van der Waals surface area (Å²) in [6.45, 7) is 4.20. The Bertz CT molecular complexity index is 683. The number of aryl methyl sites for hydroxylation is 1. The van der Waals surface area contributed by atoms with Crippen molar-refractivity contribution in [3.8, 4) is 0 Å². The van der Waals surface area contributed by atoms with E-state index in [0.29, 0.717) is 12.2 Å². The fraction of sp³-hybridized carbons (Fsp3) is 0.364. The second kappa shape index (κ2) is 5.87. The molecule has 0 atom stereocenters. The van der Waals surface area contributed by atoms with Gasteiger partial charge in [0.15, 0.2) is 5.03 Å². The van der Waals surface area contributed by atoms with Crippen LogP contribution in [0.4, 0.5) is 11.7 Å². The minimum absolute atomic E-state index is 0.107. The molecule has 0 bridgehead atoms. The minimum atomic E-state index is -3.88. The molecule has 0 fully saturated rings. The van der Waals surface area contributed by atoms with Crippen LogP contribution in [-0.4, -0.2) is 30.1 Å². The van der Waals surface area contributed by atoms with Crippen molar-refractivity contribution >= 4 is 21.7 Å². The molecule has 0 unspecified atom stereocenters. The fourth-order valence-electron chi connectivity index (χ4n) is 1.50. The number of anilines is 2. The first kappa shape index (κ1) is 14.3. The third kappa shape index (κ3) is 3.23. The van der Waals surface area contributed by atoms with Crippen LogP contribution in [0.15, 0.2) is 27.8 Å². The van der Waals surface area contributed by atoms with Crippen molar-refractivity contribution in [3.05, 3.63) is 24.2 Å². The van der Waals surface area contributed by atoms with Crippen molar-refractivity contribution in [3.63, 3.8) is 0 Å². The summed E-state index contributed by atoms with van der Waals surface area (Å²) < 4.78 is 31.7. The van der Waals surface area contributed by atoms with Crippen molar-refractivity contribution in [2.24, 2.45) is 0 Å². The minimum Gasteiger partial charge on any atom is -0.408 e. The molecule has 0 aliphatic heterocycles. The molecule has 2 heterocycles. The van der Waals surface area contributed by atoms with E-state index in [-0.39, 0.29) is 16.9 Å². The predicted octanol–water partition coefficient (Wildman–Crippen LogP) is 1.40. The molecule has 2 aromatic heterocycles. The fourth-order valence-corrected chi connectivity index (χ4v) is 2.54. The molecule has 8 nitrogen and oxygen atoms in total. The standard InChI is InChI=1S/C11H15N5O3S/c1-3-6-12-9-5-4-7-13-10(9)20(17,18)16-11-15-14-8(2)19-11/h4-5,7,12H,3,6H2,1-2H3,(H,15,16). The number of pyridine rings is 1. The highest BCUT2D eigenvalue weighted by atomic mass is 32.2. The average molecular weight is 297 g/mol. The topological polar surface area (TPSA) is 110 Å². The van der Waals surface area contributed by atoms with Gasteiger partial charge in [-0.25, -0.2) is 9.71 Å². The Hall–Kier alpha value is -2.16. The van der Waals surface area contributed by atoms with Crippen molar-refractivity contribution in [2.45, 2.75) is 25.3 Å². The molecule has 0 amide bonds. The van der Waals surface area contributed by atoms with Crippen LogP contribution in [0.1, 0.15) is 19.2 Å². The van der Waals surface area contributed by atoms with E-state index in [9.17, 15) is 8.42 Å². The Balaban J connectivity index is 2.29. The Labute approximate surface area is 116 Å². The van der Waals surface area contributed by atoms with Crippen LogP contribution in [0.5, 0.6) is 0 Å². The summed E-state index contributed by atoms with van der Waals surface area (Å²) in [5.74, 6) is 0.271. The largest absolute Gasteiger partial charge is 0.408 e. The maximum Gasteiger partial charge on any atom is 0.329 e. The van der Waals surface area contributed by atoms with Gasteiger partial charge in [0.2, 0.25) is 5.89 Å². The zero-order valence-corrected chi connectivity index (χ0v) is 11.9. The van der Waals surface area contributed by atoms with E-state index in [1.54, 1.807) is 19.1 Å². The van der Waals surface area contributed by atoms with Gasteiger partial charge in [0, 0.05) is 19.7 Å². The number of nitrogens with one attached hydrogen (secondary N) is 2. The van der Waals surface area contributed by atoms with Gasteiger partial charge in [0.25, 0.3) is 10.0 Å². The SMILES string of the molecule is CCCNc1cccnc1S(=O)(=O)Nc1nnc(C)o1. The molecular weight excluding hydrogens is 282 g/mol. The van der Waals surface area contributed by atoms with Crippen molar-refractivity contribution in [1.29, 1.82) is 0 Å². The predicted molar refractivity (Wildman–Crippen MR) is 72.9 cm³/mol. The molecule has 0 saturated carbocycles. The van der Waals surface area contributed by atoms with Crippen LogP contribution in [-0.2, 0) is 10.0 Å². The monoisotopic (exact) mass is 297 g/mol. The van der Waals surface area contributed by atoms with Gasteiger partial charge in [-0.3, -0.25) is 0 Å². The molecule has 2 aromatic rings. The summed E-state index contributed by atoms with van der Waals surface area (Å²) in [7, 11) is -3.88. The Morgan fingerprint density at radius 3 is 2.80 bits per heavy atom. The smallest absolute Gasteiger partial charge is 0.329 e. The number of sulfonamides is 1. The number of hydrogen-bond donors (Lipinski definition) is 2. The van der Waals surface area contributed by atoms with Gasteiger partial charge in [0.1, 0.15) is 0 Å². The van der Waals surface area contributed by atoms with Crippen molar-refractivity contribution < 1.29 is 12.8 Å². The molecule has 0 aromatic carbocycles. The maximum atomic E-state index is 12.3. The van der Waals surface area contributed by atoms with Gasteiger partial charge in [-0.2, -0.15) is 8.42 Å². The first-order chi connectivity index (χ1) is 9.53. The summed E-state index contributed by atoms with van der Waals surface area (Å²) in [6, 6.07) is 3.12. The molecule has 0 aliphatic rings. The first-order valence-electron chi connectivity index (χ1n) is 6.04. The van der Waals surface area contributed by atoms with Crippen LogP contribution in [0.25, 0.3) is 0 Å². The van der Waals surface area contributed by atoms with E-state index in [4.69, 9.17) is 4.42 Å². The molecule has 108 valence electrons. The number of nitrogens with zero attached hydrogens (tertiary/aromatic N) is 3. The highest BCUT2D eigenvalue weighted by molar-refractivity contribution is 7.92. The lowest BCUT2D eigenvalue weighted by Gasteiger charge is -2.10. The molecule has 0 radical (unpaired) electrons. The van der Waals surface area contributed by atoms with Crippen molar-refractivity contribution in [2.75, 3.05) is 16.6 Å². The van der Waals surface area contributed by atoms with E-state index in [0.717, 1.165) is 6.42 Å². The third-order valence-electron chi connectivity index (χ3n) is 2.34. The second-order valence-corrected chi connectivity index (χ2v) is 5.61. The lowest BCUT2D eigenvalue weighted by molar-refractivity contribution is 0.534. The molecule has 2 rings (SSSR count). The lowest BCUT2D eigenvalue weighted by Crippen LogP contribution is -2.17. The average Bonchev–Trinajstić information content (AvgIpc) is 2.81. The molecule has 0 aliphatic carbocycles. The Morgan fingerprint density at radius 1 is 1.35 bits per heavy atom. The number of aromatic nitrogens is 3. The molecule has 0 saturated heterocycles. The quantitative estimate of drug-likeness (QED) is 0.829. The highest BCUT2D eigenvalue weighted by Gasteiger charge is 2.22. The third-order valence-corrected chi connectivity index (χ3v) is 3.62. The van der Waals surface area contributed by atoms with Gasteiger partial charge < -0.3 is 9.73 Å². The van der Waals surface area contributed by atoms with Crippen molar-refractivity contribution in [1.82, 2.24) is 15.2 Å². The summed E-state index contributed by atoms with van der Waals surface area (Å²) >= 11 is 0. The highest BCUT2D eigenvalue weighted by Crippen LogP contribution is 2.20. The van der Waals surface area contributed by atoms with E-state index in [2.05, 4.69) is 25.2 Å². The maximum absolute atomic E-state index is 12.3. The van der Waals surface area contributed by atoms with Crippen LogP contribution >= 0.6 is 0 Å². The van der Waals surface area contributed by atoms with Crippen LogP contribution in [0, 0.1) is 6.92 Å². The van der Waals surface area contributed by atoms with E-state index >= 15 is 0 Å². The second-order valence-electron chi connectivity index (χ2n) is 4.01. The van der Waals surface area contributed by atoms with Crippen LogP contribution < -0.4 is 10.0 Å². The molecule has 20 heavy (non-hydrogen) atoms. The van der Waals surface area contributed by atoms with Crippen LogP contribution in [0.2, 0.25) is 0 Å². The van der Waals surface area contributed by atoms with E-state index in [1.807, 2.05) is 6.92 Å². The molecule has 2 N–H and O–H groups in total. The normalized spacial score (nSPS) is 11.3. The first-order valence-corrected chi connectivity index (χ1v) is 7.53.